The van der Waals surface area contributed by atoms with E-state index in [1.165, 1.54) is 0 Å². The highest BCUT2D eigenvalue weighted by Crippen LogP contribution is 2.07. The number of rotatable bonds is 6. The van der Waals surface area contributed by atoms with E-state index in [0.29, 0.717) is 0 Å². The van der Waals surface area contributed by atoms with Crippen molar-refractivity contribution in [2.24, 2.45) is 0 Å². The lowest BCUT2D eigenvalue weighted by atomic mass is 10.3. The Morgan fingerprint density at radius 3 is 2.44 bits per heavy atom. The number of aromatic nitrogens is 2. The van der Waals surface area contributed by atoms with Crippen LogP contribution in [0, 0.1) is 0 Å². The third-order valence-electron chi connectivity index (χ3n) is 3.24. The summed E-state index contributed by atoms with van der Waals surface area (Å²) in [5.41, 5.74) is 2.28. The second-order valence-corrected chi connectivity index (χ2v) is 4.36. The third kappa shape index (κ3) is 3.20. The predicted molar refractivity (Wildman–Crippen MR) is 75.1 cm³/mol. The molecule has 0 saturated carbocycles. The van der Waals surface area contributed by atoms with Crippen molar-refractivity contribution in [2.45, 2.75) is 20.3 Å². The molecule has 0 atom stereocenters. The van der Waals surface area contributed by atoms with E-state index in [1.807, 2.05) is 29.1 Å². The molecule has 96 valence electrons. The number of nitrogens with zero attached hydrogens (tertiary/aromatic N) is 3. The van der Waals surface area contributed by atoms with Gasteiger partial charge in [0.2, 0.25) is 0 Å². The highest BCUT2D eigenvalue weighted by atomic mass is 15.3. The fourth-order valence-electron chi connectivity index (χ4n) is 2.03. The first-order chi connectivity index (χ1) is 8.83. The summed E-state index contributed by atoms with van der Waals surface area (Å²) in [7, 11) is 0. The Hall–Kier alpha value is -1.61. The van der Waals surface area contributed by atoms with E-state index in [-0.39, 0.29) is 0 Å². The van der Waals surface area contributed by atoms with Gasteiger partial charge >= 0.3 is 0 Å². The van der Waals surface area contributed by atoms with Gasteiger partial charge in [-0.25, -0.2) is 4.68 Å². The van der Waals surface area contributed by atoms with Gasteiger partial charge in [-0.15, -0.1) is 0 Å². The summed E-state index contributed by atoms with van der Waals surface area (Å²) < 4.78 is 1.94. The zero-order chi connectivity index (χ0) is 12.8. The SMILES string of the molecule is CCN(CC)CCc1ccn(-c2ccccc2)n1. The van der Waals surface area contributed by atoms with E-state index < -0.39 is 0 Å². The number of para-hydroxylation sites is 1. The highest BCUT2D eigenvalue weighted by Gasteiger charge is 2.03. The largest absolute Gasteiger partial charge is 0.303 e. The predicted octanol–water partition coefficient (Wildman–Crippen LogP) is 2.76. The average molecular weight is 243 g/mol. The highest BCUT2D eigenvalue weighted by molar-refractivity contribution is 5.30. The first-order valence-electron chi connectivity index (χ1n) is 6.65. The molecule has 1 aromatic heterocycles. The lowest BCUT2D eigenvalue weighted by Gasteiger charge is -2.16. The van der Waals surface area contributed by atoms with Gasteiger partial charge in [-0.05, 0) is 31.3 Å². The summed E-state index contributed by atoms with van der Waals surface area (Å²) in [6.45, 7) is 7.70. The smallest absolute Gasteiger partial charge is 0.0645 e. The van der Waals surface area contributed by atoms with Crippen molar-refractivity contribution in [1.82, 2.24) is 14.7 Å². The van der Waals surface area contributed by atoms with Crippen molar-refractivity contribution < 1.29 is 0 Å². The minimum Gasteiger partial charge on any atom is -0.303 e. The zero-order valence-corrected chi connectivity index (χ0v) is 11.2. The summed E-state index contributed by atoms with van der Waals surface area (Å²) in [6.07, 6.45) is 3.05. The van der Waals surface area contributed by atoms with Crippen LogP contribution in [0.1, 0.15) is 19.5 Å². The van der Waals surface area contributed by atoms with Crippen LogP contribution in [0.2, 0.25) is 0 Å². The Morgan fingerprint density at radius 1 is 1.06 bits per heavy atom. The van der Waals surface area contributed by atoms with Crippen molar-refractivity contribution in [3.05, 3.63) is 48.3 Å². The van der Waals surface area contributed by atoms with Gasteiger partial charge in [0, 0.05) is 19.2 Å². The van der Waals surface area contributed by atoms with Gasteiger partial charge in [0.05, 0.1) is 11.4 Å². The van der Waals surface area contributed by atoms with E-state index >= 15 is 0 Å². The van der Waals surface area contributed by atoms with E-state index in [1.54, 1.807) is 0 Å². The number of hydrogen-bond donors (Lipinski definition) is 0. The molecule has 0 unspecified atom stereocenters. The minimum atomic E-state index is 1.02. The molecule has 1 aromatic carbocycles. The van der Waals surface area contributed by atoms with Gasteiger partial charge in [0.1, 0.15) is 0 Å². The lowest BCUT2D eigenvalue weighted by Crippen LogP contribution is -2.25. The van der Waals surface area contributed by atoms with Gasteiger partial charge in [-0.1, -0.05) is 32.0 Å². The Morgan fingerprint density at radius 2 is 1.78 bits per heavy atom. The molecule has 1 heterocycles. The summed E-state index contributed by atoms with van der Waals surface area (Å²) in [5, 5.41) is 4.61. The molecule has 0 saturated heterocycles. The molecule has 0 spiro atoms. The van der Waals surface area contributed by atoms with E-state index in [4.69, 9.17) is 0 Å². The van der Waals surface area contributed by atoms with Crippen LogP contribution in [0.4, 0.5) is 0 Å². The first kappa shape index (κ1) is 12.8. The minimum absolute atomic E-state index is 1.02. The second-order valence-electron chi connectivity index (χ2n) is 4.36. The van der Waals surface area contributed by atoms with Crippen molar-refractivity contribution >= 4 is 0 Å². The summed E-state index contributed by atoms with van der Waals surface area (Å²) in [5.74, 6) is 0. The molecule has 0 bridgehead atoms. The molecule has 0 aliphatic rings. The Bertz CT molecular complexity index is 458. The molecule has 18 heavy (non-hydrogen) atoms. The topological polar surface area (TPSA) is 21.1 Å². The third-order valence-corrected chi connectivity index (χ3v) is 3.24. The fraction of sp³-hybridized carbons (Fsp3) is 0.400. The molecule has 0 radical (unpaired) electrons. The molecule has 0 aliphatic carbocycles. The standard InChI is InChI=1S/C15H21N3/c1-3-17(4-2)12-10-14-11-13-18(16-14)15-8-6-5-7-9-15/h5-9,11,13H,3-4,10,12H2,1-2H3. The van der Waals surface area contributed by atoms with Crippen LogP contribution in [0.15, 0.2) is 42.6 Å². The summed E-state index contributed by atoms with van der Waals surface area (Å²) in [4.78, 5) is 2.42. The summed E-state index contributed by atoms with van der Waals surface area (Å²) in [6, 6.07) is 12.3. The quantitative estimate of drug-likeness (QED) is 0.778. The zero-order valence-electron chi connectivity index (χ0n) is 11.2. The molecule has 0 N–H and O–H groups in total. The van der Waals surface area contributed by atoms with Gasteiger partial charge < -0.3 is 4.90 Å². The first-order valence-corrected chi connectivity index (χ1v) is 6.65. The normalized spacial score (nSPS) is 11.1. The molecular weight excluding hydrogens is 222 g/mol. The van der Waals surface area contributed by atoms with Crippen molar-refractivity contribution in [3.63, 3.8) is 0 Å². The molecule has 3 nitrogen and oxygen atoms in total. The van der Waals surface area contributed by atoms with Crippen molar-refractivity contribution in [3.8, 4) is 5.69 Å². The Kier molecular flexibility index (Phi) is 4.53. The Balaban J connectivity index is 1.98. The number of likely N-dealkylation sites (N-methyl/N-ethyl adjacent to an activating group) is 1. The van der Waals surface area contributed by atoms with Crippen LogP contribution < -0.4 is 0 Å². The van der Waals surface area contributed by atoms with Crippen molar-refractivity contribution in [2.75, 3.05) is 19.6 Å². The van der Waals surface area contributed by atoms with Crippen LogP contribution in [0.3, 0.4) is 0 Å². The van der Waals surface area contributed by atoms with Crippen LogP contribution in [-0.2, 0) is 6.42 Å². The van der Waals surface area contributed by atoms with Gasteiger partial charge in [-0.2, -0.15) is 5.10 Å². The van der Waals surface area contributed by atoms with E-state index in [2.05, 4.69) is 42.0 Å². The number of hydrogen-bond acceptors (Lipinski definition) is 2. The fourth-order valence-corrected chi connectivity index (χ4v) is 2.03. The molecular formula is C15H21N3. The van der Waals surface area contributed by atoms with E-state index in [0.717, 1.165) is 37.4 Å². The van der Waals surface area contributed by atoms with E-state index in [9.17, 15) is 0 Å². The number of benzene rings is 1. The van der Waals surface area contributed by atoms with Crippen LogP contribution in [0.5, 0.6) is 0 Å². The van der Waals surface area contributed by atoms with Crippen LogP contribution in [-0.4, -0.2) is 34.3 Å². The maximum absolute atomic E-state index is 4.61. The molecule has 2 rings (SSSR count). The van der Waals surface area contributed by atoms with Gasteiger partial charge in [0.15, 0.2) is 0 Å². The average Bonchev–Trinajstić information content (AvgIpc) is 2.90. The molecule has 0 aliphatic heterocycles. The van der Waals surface area contributed by atoms with Crippen molar-refractivity contribution in [1.29, 1.82) is 0 Å². The van der Waals surface area contributed by atoms with Crippen LogP contribution >= 0.6 is 0 Å². The molecule has 2 aromatic rings. The molecule has 0 fully saturated rings. The molecule has 3 heteroatoms. The van der Waals surface area contributed by atoms with Crippen LogP contribution in [0.25, 0.3) is 5.69 Å². The maximum Gasteiger partial charge on any atom is 0.0645 e. The summed E-state index contributed by atoms with van der Waals surface area (Å²) >= 11 is 0. The Labute approximate surface area is 109 Å². The maximum atomic E-state index is 4.61. The van der Waals surface area contributed by atoms with Gasteiger partial charge in [0.25, 0.3) is 0 Å². The monoisotopic (exact) mass is 243 g/mol. The molecule has 0 amide bonds. The lowest BCUT2D eigenvalue weighted by molar-refractivity contribution is 0.307. The van der Waals surface area contributed by atoms with Gasteiger partial charge in [-0.3, -0.25) is 0 Å². The second kappa shape index (κ2) is 6.36.